The zero-order chi connectivity index (χ0) is 16.6. The number of rotatable bonds is 7. The topological polar surface area (TPSA) is 45.5 Å². The average molecular weight is 326 g/mol. The number of nitrogens with one attached hydrogen (secondary N) is 1. The standard InChI is InChI=1S/C20H26N2O2/c23-20(21-11-14-22-12-5-2-6-13-22)16-18(19-10-7-15-24-19)17-8-3-1-4-9-17/h1,3-4,7-10,15,18H,2,5-6,11-14,16H2,(H,21,23). The summed E-state index contributed by atoms with van der Waals surface area (Å²) in [4.78, 5) is 14.8. The van der Waals surface area contributed by atoms with Gasteiger partial charge >= 0.3 is 0 Å². The quantitative estimate of drug-likeness (QED) is 0.848. The van der Waals surface area contributed by atoms with E-state index in [-0.39, 0.29) is 11.8 Å². The number of piperidine rings is 1. The molecule has 0 radical (unpaired) electrons. The van der Waals surface area contributed by atoms with Gasteiger partial charge in [-0.15, -0.1) is 0 Å². The van der Waals surface area contributed by atoms with Crippen LogP contribution in [0.25, 0.3) is 0 Å². The highest BCUT2D eigenvalue weighted by Crippen LogP contribution is 2.28. The van der Waals surface area contributed by atoms with Gasteiger partial charge in [0.25, 0.3) is 0 Å². The number of carbonyl (C=O) groups is 1. The first-order chi connectivity index (χ1) is 11.8. The lowest BCUT2D eigenvalue weighted by Crippen LogP contribution is -2.38. The summed E-state index contributed by atoms with van der Waals surface area (Å²) in [6, 6.07) is 13.9. The average Bonchev–Trinajstić information content (AvgIpc) is 3.16. The molecule has 1 aliphatic rings. The van der Waals surface area contributed by atoms with E-state index in [0.29, 0.717) is 6.42 Å². The molecule has 2 aromatic rings. The van der Waals surface area contributed by atoms with Crippen molar-refractivity contribution >= 4 is 5.91 Å². The van der Waals surface area contributed by atoms with Crippen molar-refractivity contribution in [2.75, 3.05) is 26.2 Å². The van der Waals surface area contributed by atoms with Crippen molar-refractivity contribution in [1.82, 2.24) is 10.2 Å². The maximum atomic E-state index is 12.4. The third-order valence-corrected chi connectivity index (χ3v) is 4.68. The second-order valence-electron chi connectivity index (χ2n) is 6.44. The summed E-state index contributed by atoms with van der Waals surface area (Å²) in [5.41, 5.74) is 1.11. The third kappa shape index (κ3) is 4.71. The van der Waals surface area contributed by atoms with E-state index in [4.69, 9.17) is 4.42 Å². The van der Waals surface area contributed by atoms with E-state index >= 15 is 0 Å². The van der Waals surface area contributed by atoms with Crippen molar-refractivity contribution in [2.45, 2.75) is 31.6 Å². The number of hydrogen-bond donors (Lipinski definition) is 1. The summed E-state index contributed by atoms with van der Waals surface area (Å²) in [6.07, 6.45) is 5.98. The van der Waals surface area contributed by atoms with Crippen LogP contribution in [0, 0.1) is 0 Å². The molecule has 2 heterocycles. The minimum absolute atomic E-state index is 0.0313. The molecule has 4 heteroatoms. The molecule has 4 nitrogen and oxygen atoms in total. The van der Waals surface area contributed by atoms with Crippen molar-refractivity contribution in [2.24, 2.45) is 0 Å². The first-order valence-corrected chi connectivity index (χ1v) is 8.90. The molecule has 0 saturated carbocycles. The lowest BCUT2D eigenvalue weighted by Gasteiger charge is -2.26. The van der Waals surface area contributed by atoms with Crippen molar-refractivity contribution in [3.05, 3.63) is 60.1 Å². The highest BCUT2D eigenvalue weighted by atomic mass is 16.3. The van der Waals surface area contributed by atoms with Gasteiger partial charge in [0.1, 0.15) is 5.76 Å². The number of hydrogen-bond acceptors (Lipinski definition) is 3. The second kappa shape index (κ2) is 8.69. The Kier molecular flexibility index (Phi) is 6.07. The van der Waals surface area contributed by atoms with Crippen LogP contribution in [-0.2, 0) is 4.79 Å². The Morgan fingerprint density at radius 1 is 1.08 bits per heavy atom. The van der Waals surface area contributed by atoms with Gasteiger partial charge in [-0.1, -0.05) is 36.8 Å². The number of furan rings is 1. The molecule has 1 amide bonds. The number of amides is 1. The van der Waals surface area contributed by atoms with Crippen LogP contribution in [-0.4, -0.2) is 37.0 Å². The van der Waals surface area contributed by atoms with E-state index in [2.05, 4.69) is 10.2 Å². The number of benzene rings is 1. The summed E-state index contributed by atoms with van der Waals surface area (Å²) in [7, 11) is 0. The molecule has 128 valence electrons. The molecule has 1 N–H and O–H groups in total. The lowest BCUT2D eigenvalue weighted by molar-refractivity contribution is -0.121. The van der Waals surface area contributed by atoms with Crippen LogP contribution in [0.2, 0.25) is 0 Å². The van der Waals surface area contributed by atoms with Gasteiger partial charge in [-0.25, -0.2) is 0 Å². The molecule has 0 aliphatic carbocycles. The predicted molar refractivity (Wildman–Crippen MR) is 94.9 cm³/mol. The Labute approximate surface area is 143 Å². The molecule has 1 atom stereocenters. The summed E-state index contributed by atoms with van der Waals surface area (Å²) in [5, 5.41) is 3.07. The first-order valence-electron chi connectivity index (χ1n) is 8.90. The maximum Gasteiger partial charge on any atom is 0.221 e. The first kappa shape index (κ1) is 16.8. The monoisotopic (exact) mass is 326 g/mol. The minimum Gasteiger partial charge on any atom is -0.469 e. The second-order valence-corrected chi connectivity index (χ2v) is 6.44. The number of nitrogens with zero attached hydrogens (tertiary/aromatic N) is 1. The summed E-state index contributed by atoms with van der Waals surface area (Å²) in [5.74, 6) is 0.890. The maximum absolute atomic E-state index is 12.4. The number of carbonyl (C=O) groups excluding carboxylic acids is 1. The molecule has 1 fully saturated rings. The van der Waals surface area contributed by atoms with Gasteiger partial charge in [-0.2, -0.15) is 0 Å². The molecular weight excluding hydrogens is 300 g/mol. The fourth-order valence-corrected chi connectivity index (χ4v) is 3.35. The van der Waals surface area contributed by atoms with Crippen molar-refractivity contribution in [3.8, 4) is 0 Å². The molecule has 0 bridgehead atoms. The molecule has 0 spiro atoms. The Morgan fingerprint density at radius 2 is 1.88 bits per heavy atom. The van der Waals surface area contributed by atoms with E-state index in [1.54, 1.807) is 6.26 Å². The van der Waals surface area contributed by atoms with Crippen LogP contribution in [0.1, 0.15) is 42.9 Å². The Hall–Kier alpha value is -2.07. The summed E-state index contributed by atoms with van der Waals surface area (Å²) >= 11 is 0. The van der Waals surface area contributed by atoms with Crippen molar-refractivity contribution in [1.29, 1.82) is 0 Å². The van der Waals surface area contributed by atoms with E-state index in [9.17, 15) is 4.79 Å². The van der Waals surface area contributed by atoms with Gasteiger partial charge in [-0.3, -0.25) is 4.79 Å². The van der Waals surface area contributed by atoms with E-state index in [0.717, 1.165) is 37.5 Å². The van der Waals surface area contributed by atoms with Gasteiger partial charge in [0, 0.05) is 19.5 Å². The molecule has 3 rings (SSSR count). The zero-order valence-electron chi connectivity index (χ0n) is 14.1. The van der Waals surface area contributed by atoms with Crippen LogP contribution in [0.5, 0.6) is 0 Å². The van der Waals surface area contributed by atoms with Gasteiger partial charge < -0.3 is 14.6 Å². The molecule has 24 heavy (non-hydrogen) atoms. The van der Waals surface area contributed by atoms with Gasteiger partial charge in [-0.05, 0) is 43.6 Å². The van der Waals surface area contributed by atoms with Crippen LogP contribution < -0.4 is 5.32 Å². The normalized spacial score (nSPS) is 16.7. The minimum atomic E-state index is -0.0313. The Balaban J connectivity index is 1.53. The molecule has 1 saturated heterocycles. The van der Waals surface area contributed by atoms with E-state index in [1.807, 2.05) is 42.5 Å². The largest absolute Gasteiger partial charge is 0.469 e. The lowest BCUT2D eigenvalue weighted by atomic mass is 9.93. The highest BCUT2D eigenvalue weighted by molar-refractivity contribution is 5.77. The molecule has 1 aromatic heterocycles. The third-order valence-electron chi connectivity index (χ3n) is 4.68. The Bertz CT molecular complexity index is 604. The highest BCUT2D eigenvalue weighted by Gasteiger charge is 2.20. The molecule has 1 unspecified atom stereocenters. The van der Waals surface area contributed by atoms with Crippen LogP contribution >= 0.6 is 0 Å². The SMILES string of the molecule is O=C(CC(c1ccccc1)c1ccco1)NCCN1CCCCC1. The molecular formula is C20H26N2O2. The van der Waals surface area contributed by atoms with Gasteiger partial charge in [0.2, 0.25) is 5.91 Å². The Morgan fingerprint density at radius 3 is 2.58 bits per heavy atom. The van der Waals surface area contributed by atoms with Gasteiger partial charge in [0.15, 0.2) is 0 Å². The summed E-state index contributed by atoms with van der Waals surface area (Å²) in [6.45, 7) is 3.99. The zero-order valence-corrected chi connectivity index (χ0v) is 14.1. The number of likely N-dealkylation sites (tertiary alicyclic amines) is 1. The fourth-order valence-electron chi connectivity index (χ4n) is 3.35. The van der Waals surface area contributed by atoms with Crippen LogP contribution in [0.3, 0.4) is 0 Å². The van der Waals surface area contributed by atoms with E-state index in [1.165, 1.54) is 19.3 Å². The van der Waals surface area contributed by atoms with Crippen LogP contribution in [0.15, 0.2) is 53.1 Å². The predicted octanol–water partition coefficient (Wildman–Crippen LogP) is 3.40. The molecule has 1 aliphatic heterocycles. The van der Waals surface area contributed by atoms with Crippen molar-refractivity contribution < 1.29 is 9.21 Å². The van der Waals surface area contributed by atoms with Gasteiger partial charge in [0.05, 0.1) is 12.2 Å². The molecule has 1 aromatic carbocycles. The van der Waals surface area contributed by atoms with Crippen molar-refractivity contribution in [3.63, 3.8) is 0 Å². The fraction of sp³-hybridized carbons (Fsp3) is 0.450. The van der Waals surface area contributed by atoms with Crippen LogP contribution in [0.4, 0.5) is 0 Å². The van der Waals surface area contributed by atoms with E-state index < -0.39 is 0 Å². The summed E-state index contributed by atoms with van der Waals surface area (Å²) < 4.78 is 5.56. The smallest absolute Gasteiger partial charge is 0.221 e.